The highest BCUT2D eigenvalue weighted by Crippen LogP contribution is 2.30. The van der Waals surface area contributed by atoms with Crippen molar-refractivity contribution in [2.75, 3.05) is 10.6 Å². The summed E-state index contributed by atoms with van der Waals surface area (Å²) in [5, 5.41) is 7.57. The Morgan fingerprint density at radius 1 is 0.964 bits per heavy atom. The van der Waals surface area contributed by atoms with Crippen LogP contribution in [-0.2, 0) is 0 Å². The van der Waals surface area contributed by atoms with E-state index in [1.807, 2.05) is 49.4 Å². The van der Waals surface area contributed by atoms with E-state index in [1.165, 1.54) is 19.3 Å². The fourth-order valence-corrected chi connectivity index (χ4v) is 3.84. The number of nitrogens with one attached hydrogen (secondary N) is 2. The van der Waals surface area contributed by atoms with Crippen molar-refractivity contribution in [3.8, 4) is 11.4 Å². The predicted octanol–water partition coefficient (Wildman–Crippen LogP) is 5.99. The van der Waals surface area contributed by atoms with Gasteiger partial charge in [-0.3, -0.25) is 4.98 Å². The highest BCUT2D eigenvalue weighted by atomic mass is 35.5. The van der Waals surface area contributed by atoms with Gasteiger partial charge in [-0.05, 0) is 43.5 Å². The summed E-state index contributed by atoms with van der Waals surface area (Å²) in [6, 6.07) is 14.0. The molecular weight excluding hydrogens is 370 g/mol. The molecule has 1 aromatic carbocycles. The molecule has 1 fully saturated rings. The van der Waals surface area contributed by atoms with Crippen LogP contribution in [0.5, 0.6) is 0 Å². The van der Waals surface area contributed by atoms with Crippen molar-refractivity contribution >= 4 is 29.1 Å². The molecule has 0 saturated heterocycles. The molecule has 0 amide bonds. The number of nitrogens with zero attached hydrogens (tertiary/aromatic N) is 3. The number of aryl methyl sites for hydroxylation is 1. The van der Waals surface area contributed by atoms with E-state index in [1.54, 1.807) is 6.20 Å². The van der Waals surface area contributed by atoms with Crippen LogP contribution in [0.15, 0.2) is 48.7 Å². The first-order chi connectivity index (χ1) is 13.7. The normalized spacial score (nSPS) is 14.6. The molecule has 1 saturated carbocycles. The molecular formula is C22H24ClN5. The standard InChI is InChI=1S/C22H24ClN5/c1-15-8-7-11-17(23)21(15)27-20-14-19(18-12-5-6-13-24-18)26-22(28-20)25-16-9-3-2-4-10-16/h5-8,11-14,16H,2-4,9-10H2,1H3,(H2,25,26,27,28). The van der Waals surface area contributed by atoms with E-state index in [-0.39, 0.29) is 0 Å². The number of anilines is 3. The van der Waals surface area contributed by atoms with Crippen molar-refractivity contribution in [3.63, 3.8) is 0 Å². The molecule has 4 rings (SSSR count). The number of halogens is 1. The summed E-state index contributed by atoms with van der Waals surface area (Å²) in [7, 11) is 0. The average molecular weight is 394 g/mol. The van der Waals surface area contributed by atoms with Crippen LogP contribution >= 0.6 is 11.6 Å². The molecule has 144 valence electrons. The molecule has 0 spiro atoms. The van der Waals surface area contributed by atoms with Crippen LogP contribution in [0.25, 0.3) is 11.4 Å². The maximum absolute atomic E-state index is 6.40. The number of rotatable bonds is 5. The van der Waals surface area contributed by atoms with Gasteiger partial charge < -0.3 is 10.6 Å². The van der Waals surface area contributed by atoms with Gasteiger partial charge in [0.25, 0.3) is 0 Å². The second kappa shape index (κ2) is 8.57. The summed E-state index contributed by atoms with van der Waals surface area (Å²) < 4.78 is 0. The first-order valence-corrected chi connectivity index (χ1v) is 10.2. The van der Waals surface area contributed by atoms with Crippen molar-refractivity contribution in [3.05, 3.63) is 59.2 Å². The Labute approximate surface area is 170 Å². The third kappa shape index (κ3) is 4.42. The molecule has 0 aliphatic heterocycles. The lowest BCUT2D eigenvalue weighted by Gasteiger charge is -2.23. The van der Waals surface area contributed by atoms with Crippen molar-refractivity contribution in [2.24, 2.45) is 0 Å². The Morgan fingerprint density at radius 2 is 1.82 bits per heavy atom. The molecule has 3 aromatic rings. The average Bonchev–Trinajstić information content (AvgIpc) is 2.72. The zero-order valence-corrected chi connectivity index (χ0v) is 16.7. The number of benzene rings is 1. The zero-order chi connectivity index (χ0) is 19.3. The lowest BCUT2D eigenvalue weighted by atomic mass is 9.96. The highest BCUT2D eigenvalue weighted by molar-refractivity contribution is 6.33. The van der Waals surface area contributed by atoms with Gasteiger partial charge >= 0.3 is 0 Å². The number of para-hydroxylation sites is 1. The van der Waals surface area contributed by atoms with Crippen molar-refractivity contribution in [2.45, 2.75) is 45.1 Å². The van der Waals surface area contributed by atoms with Gasteiger partial charge in [0.2, 0.25) is 5.95 Å². The first kappa shape index (κ1) is 18.7. The fraction of sp³-hybridized carbons (Fsp3) is 0.318. The Hall–Kier alpha value is -2.66. The minimum atomic E-state index is 0.419. The van der Waals surface area contributed by atoms with Crippen LogP contribution in [0.2, 0.25) is 5.02 Å². The van der Waals surface area contributed by atoms with Crippen LogP contribution in [0.4, 0.5) is 17.5 Å². The molecule has 2 heterocycles. The molecule has 0 radical (unpaired) electrons. The number of aromatic nitrogens is 3. The Balaban J connectivity index is 1.69. The van der Waals surface area contributed by atoms with Gasteiger partial charge in [-0.15, -0.1) is 0 Å². The lowest BCUT2D eigenvalue weighted by Crippen LogP contribution is -2.23. The van der Waals surface area contributed by atoms with Crippen molar-refractivity contribution < 1.29 is 0 Å². The Bertz CT molecular complexity index is 919. The quantitative estimate of drug-likeness (QED) is 0.557. The molecule has 5 nitrogen and oxygen atoms in total. The van der Waals surface area contributed by atoms with E-state index in [4.69, 9.17) is 21.6 Å². The van der Waals surface area contributed by atoms with E-state index in [0.29, 0.717) is 22.8 Å². The SMILES string of the molecule is Cc1cccc(Cl)c1Nc1cc(-c2ccccn2)nc(NC2CCCCC2)n1. The predicted molar refractivity (Wildman–Crippen MR) is 115 cm³/mol. The summed E-state index contributed by atoms with van der Waals surface area (Å²) >= 11 is 6.40. The summed E-state index contributed by atoms with van der Waals surface area (Å²) in [6.45, 7) is 2.02. The van der Waals surface area contributed by atoms with Gasteiger partial charge in [-0.2, -0.15) is 4.98 Å². The minimum Gasteiger partial charge on any atom is -0.351 e. The molecule has 0 atom stereocenters. The molecule has 2 aromatic heterocycles. The van der Waals surface area contributed by atoms with Crippen LogP contribution in [0.1, 0.15) is 37.7 Å². The molecule has 1 aliphatic rings. The minimum absolute atomic E-state index is 0.419. The van der Waals surface area contributed by atoms with Crippen molar-refractivity contribution in [1.29, 1.82) is 0 Å². The topological polar surface area (TPSA) is 62.7 Å². The van der Waals surface area contributed by atoms with Crippen LogP contribution in [-0.4, -0.2) is 21.0 Å². The monoisotopic (exact) mass is 393 g/mol. The van der Waals surface area contributed by atoms with Gasteiger partial charge in [0, 0.05) is 18.3 Å². The second-order valence-electron chi connectivity index (χ2n) is 7.21. The first-order valence-electron chi connectivity index (χ1n) is 9.78. The third-order valence-electron chi connectivity index (χ3n) is 5.07. The number of hydrogen-bond donors (Lipinski definition) is 2. The molecule has 0 unspecified atom stereocenters. The molecule has 0 bridgehead atoms. The molecule has 2 N–H and O–H groups in total. The summed E-state index contributed by atoms with van der Waals surface area (Å²) in [6.07, 6.45) is 7.90. The lowest BCUT2D eigenvalue weighted by molar-refractivity contribution is 0.461. The zero-order valence-electron chi connectivity index (χ0n) is 16.0. The number of hydrogen-bond acceptors (Lipinski definition) is 5. The Morgan fingerprint density at radius 3 is 2.57 bits per heavy atom. The van der Waals surface area contributed by atoms with Gasteiger partial charge in [0.05, 0.1) is 22.1 Å². The summed E-state index contributed by atoms with van der Waals surface area (Å²) in [5.74, 6) is 1.33. The highest BCUT2D eigenvalue weighted by Gasteiger charge is 2.16. The second-order valence-corrected chi connectivity index (χ2v) is 7.62. The van der Waals surface area contributed by atoms with Crippen LogP contribution < -0.4 is 10.6 Å². The maximum Gasteiger partial charge on any atom is 0.225 e. The molecule has 6 heteroatoms. The van der Waals surface area contributed by atoms with Crippen LogP contribution in [0.3, 0.4) is 0 Å². The molecule has 28 heavy (non-hydrogen) atoms. The smallest absolute Gasteiger partial charge is 0.225 e. The fourth-order valence-electron chi connectivity index (χ4n) is 3.57. The van der Waals surface area contributed by atoms with Gasteiger partial charge in [0.15, 0.2) is 0 Å². The largest absolute Gasteiger partial charge is 0.351 e. The van der Waals surface area contributed by atoms with Crippen LogP contribution in [0, 0.1) is 6.92 Å². The summed E-state index contributed by atoms with van der Waals surface area (Å²) in [5.41, 5.74) is 3.52. The maximum atomic E-state index is 6.40. The van der Waals surface area contributed by atoms with Crippen molar-refractivity contribution in [1.82, 2.24) is 15.0 Å². The van der Waals surface area contributed by atoms with E-state index in [0.717, 1.165) is 35.5 Å². The summed E-state index contributed by atoms with van der Waals surface area (Å²) in [4.78, 5) is 13.9. The van der Waals surface area contributed by atoms with E-state index >= 15 is 0 Å². The number of pyridine rings is 1. The van der Waals surface area contributed by atoms with E-state index < -0.39 is 0 Å². The molecule has 1 aliphatic carbocycles. The van der Waals surface area contributed by atoms with E-state index in [2.05, 4.69) is 15.6 Å². The third-order valence-corrected chi connectivity index (χ3v) is 5.38. The van der Waals surface area contributed by atoms with Gasteiger partial charge in [0.1, 0.15) is 5.82 Å². The van der Waals surface area contributed by atoms with E-state index in [9.17, 15) is 0 Å². The van der Waals surface area contributed by atoms with Gasteiger partial charge in [-0.1, -0.05) is 49.1 Å². The Kier molecular flexibility index (Phi) is 5.72. The van der Waals surface area contributed by atoms with Gasteiger partial charge in [-0.25, -0.2) is 4.98 Å².